The van der Waals surface area contributed by atoms with Gasteiger partial charge in [-0.05, 0) is 51.1 Å². The predicted octanol–water partition coefficient (Wildman–Crippen LogP) is 5.86. The van der Waals surface area contributed by atoms with Crippen LogP contribution in [0.1, 0.15) is 19.3 Å². The van der Waals surface area contributed by atoms with E-state index in [2.05, 4.69) is 41.1 Å². The van der Waals surface area contributed by atoms with E-state index in [4.69, 9.17) is 42.6 Å². The van der Waals surface area contributed by atoms with Crippen LogP contribution in [-0.2, 0) is 4.79 Å². The Labute approximate surface area is 263 Å². The van der Waals surface area contributed by atoms with E-state index in [1.165, 1.54) is 18.9 Å². The van der Waals surface area contributed by atoms with E-state index in [-0.39, 0.29) is 17.7 Å². The molecule has 3 aromatic rings. The van der Waals surface area contributed by atoms with Crippen molar-refractivity contribution in [2.24, 2.45) is 11.8 Å². The number of halogens is 2. The first-order chi connectivity index (χ1) is 20.7. The topological polar surface area (TPSA) is 91.9 Å². The number of rotatable bonds is 14. The third-order valence-electron chi connectivity index (χ3n) is 8.20. The van der Waals surface area contributed by atoms with E-state index in [0.29, 0.717) is 45.1 Å². The van der Waals surface area contributed by atoms with E-state index < -0.39 is 0 Å². The Balaban J connectivity index is 1.49. The lowest BCUT2D eigenvalue weighted by Gasteiger charge is -2.21. The minimum absolute atomic E-state index is 0.0625. The fraction of sp³-hybridized carbons (Fsp3) is 0.469. The summed E-state index contributed by atoms with van der Waals surface area (Å²) in [4.78, 5) is 26.7. The highest BCUT2D eigenvalue weighted by Gasteiger charge is 2.34. The van der Waals surface area contributed by atoms with Crippen LogP contribution in [0.2, 0.25) is 10.0 Å². The molecule has 1 aliphatic heterocycles. The summed E-state index contributed by atoms with van der Waals surface area (Å²) in [5, 5.41) is 9.76. The monoisotopic (exact) mass is 626 g/mol. The van der Waals surface area contributed by atoms with Crippen molar-refractivity contribution in [1.82, 2.24) is 19.8 Å². The van der Waals surface area contributed by atoms with E-state index in [9.17, 15) is 4.79 Å². The molecule has 1 saturated heterocycles. The lowest BCUT2D eigenvalue weighted by Crippen LogP contribution is -2.32. The number of anilines is 2. The van der Waals surface area contributed by atoms with Crippen LogP contribution in [0.5, 0.6) is 11.5 Å². The second-order valence-electron chi connectivity index (χ2n) is 11.7. The number of nitrogens with zero attached hydrogens (tertiary/aromatic N) is 4. The highest BCUT2D eigenvalue weighted by molar-refractivity contribution is 6.41. The Kier molecular flexibility index (Phi) is 9.96. The number of methoxy groups -OCH3 is 2. The Morgan fingerprint density at radius 2 is 1.86 bits per heavy atom. The van der Waals surface area contributed by atoms with E-state index in [1.807, 2.05) is 18.3 Å². The van der Waals surface area contributed by atoms with Gasteiger partial charge in [0.15, 0.2) is 5.78 Å². The number of likely N-dealkylation sites (N-methyl/N-ethyl adjacent to an activating group) is 1. The van der Waals surface area contributed by atoms with Crippen LogP contribution in [0.25, 0.3) is 22.0 Å². The zero-order chi connectivity index (χ0) is 30.7. The van der Waals surface area contributed by atoms with Crippen LogP contribution in [0, 0.1) is 11.8 Å². The highest BCUT2D eigenvalue weighted by atomic mass is 35.5. The van der Waals surface area contributed by atoms with Gasteiger partial charge in [-0.1, -0.05) is 29.8 Å². The first kappa shape index (κ1) is 31.3. The zero-order valence-corrected chi connectivity index (χ0v) is 26.8. The van der Waals surface area contributed by atoms with Crippen molar-refractivity contribution in [3.05, 3.63) is 47.1 Å². The number of aromatic nitrogens is 2. The summed E-state index contributed by atoms with van der Waals surface area (Å²) in [5.41, 5.74) is 1.13. The molecule has 1 saturated carbocycles. The highest BCUT2D eigenvalue weighted by Crippen LogP contribution is 2.46. The van der Waals surface area contributed by atoms with Crippen molar-refractivity contribution in [2.75, 3.05) is 71.7 Å². The summed E-state index contributed by atoms with van der Waals surface area (Å²) in [6, 6.07) is 5.71. The van der Waals surface area contributed by atoms with Crippen molar-refractivity contribution >= 4 is 51.4 Å². The largest absolute Gasteiger partial charge is 0.495 e. The Hall–Kier alpha value is -3.11. The van der Waals surface area contributed by atoms with Gasteiger partial charge < -0.3 is 25.0 Å². The van der Waals surface area contributed by atoms with Crippen LogP contribution in [0.4, 0.5) is 11.6 Å². The van der Waals surface area contributed by atoms with Gasteiger partial charge in [0.25, 0.3) is 0 Å². The van der Waals surface area contributed by atoms with Gasteiger partial charge >= 0.3 is 0 Å². The van der Waals surface area contributed by atoms with Gasteiger partial charge in [-0.15, -0.1) is 0 Å². The Bertz CT molecular complexity index is 1470. The average molecular weight is 628 g/mol. The Morgan fingerprint density at radius 1 is 1.14 bits per heavy atom. The van der Waals surface area contributed by atoms with Crippen LogP contribution in [0.3, 0.4) is 0 Å². The van der Waals surface area contributed by atoms with Gasteiger partial charge in [0, 0.05) is 79.7 Å². The number of ether oxygens (including phenoxy) is 2. The number of ketones is 1. The minimum atomic E-state index is 0.0625. The van der Waals surface area contributed by atoms with Crippen LogP contribution >= 0.6 is 23.2 Å². The lowest BCUT2D eigenvalue weighted by atomic mass is 9.97. The van der Waals surface area contributed by atoms with E-state index in [1.54, 1.807) is 20.3 Å². The summed E-state index contributed by atoms with van der Waals surface area (Å²) >= 11 is 13.5. The maximum absolute atomic E-state index is 12.3. The van der Waals surface area contributed by atoms with Crippen LogP contribution in [-0.4, -0.2) is 92.6 Å². The zero-order valence-electron chi connectivity index (χ0n) is 25.3. The number of carbonyl (C=O) groups is 1. The van der Waals surface area contributed by atoms with Crippen molar-refractivity contribution in [3.63, 3.8) is 0 Å². The summed E-state index contributed by atoms with van der Waals surface area (Å²) in [6.07, 6.45) is 6.14. The number of fused-ring (bicyclic) bond motifs is 1. The Morgan fingerprint density at radius 3 is 2.49 bits per heavy atom. The molecule has 2 fully saturated rings. The molecule has 5 rings (SSSR count). The summed E-state index contributed by atoms with van der Waals surface area (Å²) in [5.74, 6) is 3.23. The SMILES string of the molecule is C=CC(=O)C[C@H]1CN(CCN(C)C)C[C@H]1Nc1cc2c(NCC3CC3)nc(-c3c(Cl)c(OC)cc(OC)c3Cl)cc2cn1. The second kappa shape index (κ2) is 13.7. The first-order valence-electron chi connectivity index (χ1n) is 14.6. The molecular weight excluding hydrogens is 587 g/mol. The molecule has 3 heterocycles. The fourth-order valence-corrected chi connectivity index (χ4v) is 6.24. The number of likely N-dealkylation sites (tertiary alicyclic amines) is 1. The van der Waals surface area contributed by atoms with Gasteiger partial charge in [0.2, 0.25) is 0 Å². The van der Waals surface area contributed by atoms with Gasteiger partial charge in [0.1, 0.15) is 23.1 Å². The third kappa shape index (κ3) is 7.34. The molecule has 1 aliphatic carbocycles. The molecule has 2 aromatic heterocycles. The molecule has 0 amide bonds. The molecule has 9 nitrogen and oxygen atoms in total. The second-order valence-corrected chi connectivity index (χ2v) is 12.5. The molecule has 43 heavy (non-hydrogen) atoms. The molecular formula is C32H40Cl2N6O3. The summed E-state index contributed by atoms with van der Waals surface area (Å²) in [6.45, 7) is 8.09. The van der Waals surface area contributed by atoms with Crippen molar-refractivity contribution in [1.29, 1.82) is 0 Å². The standard InChI is InChI=1S/C32H40Cl2N6O3/c1-6-22(41)11-21-17-40(10-9-39(2)3)18-25(21)37-28-13-23-20(16-35-28)12-24(38-32(23)36-15-19-7-8-19)29-30(33)26(42-4)14-27(43-5)31(29)34/h6,12-14,16,19,21,25H,1,7-11,15,17-18H2,2-5H3,(H,35,37)(H,36,38)/t21-,25+/m0/s1. The molecule has 0 bridgehead atoms. The van der Waals surface area contributed by atoms with Gasteiger partial charge in [0.05, 0.1) is 30.0 Å². The molecule has 1 aromatic carbocycles. The van der Waals surface area contributed by atoms with Crippen LogP contribution in [0.15, 0.2) is 37.1 Å². The maximum Gasteiger partial charge on any atom is 0.155 e. The number of hydrogen-bond donors (Lipinski definition) is 2. The molecule has 2 atom stereocenters. The van der Waals surface area contributed by atoms with E-state index in [0.717, 1.165) is 55.1 Å². The predicted molar refractivity (Wildman–Crippen MR) is 175 cm³/mol. The maximum atomic E-state index is 12.3. The minimum Gasteiger partial charge on any atom is -0.495 e. The van der Waals surface area contributed by atoms with Crippen molar-refractivity contribution in [3.8, 4) is 22.8 Å². The van der Waals surface area contributed by atoms with E-state index >= 15 is 0 Å². The molecule has 0 unspecified atom stereocenters. The van der Waals surface area contributed by atoms with Gasteiger partial charge in [-0.25, -0.2) is 9.97 Å². The molecule has 0 radical (unpaired) electrons. The number of hydrogen-bond acceptors (Lipinski definition) is 9. The first-order valence-corrected chi connectivity index (χ1v) is 15.4. The average Bonchev–Trinajstić information content (AvgIpc) is 3.75. The molecule has 0 spiro atoms. The lowest BCUT2D eigenvalue weighted by molar-refractivity contribution is -0.115. The fourth-order valence-electron chi connectivity index (χ4n) is 5.55. The molecule has 230 valence electrons. The molecule has 2 aliphatic rings. The van der Waals surface area contributed by atoms with Gasteiger partial charge in [-0.2, -0.15) is 0 Å². The summed E-state index contributed by atoms with van der Waals surface area (Å²) in [7, 11) is 7.25. The number of carbonyl (C=O) groups excluding carboxylic acids is 1. The number of benzene rings is 1. The van der Waals surface area contributed by atoms with Crippen molar-refractivity contribution in [2.45, 2.75) is 25.3 Å². The quantitative estimate of drug-likeness (QED) is 0.213. The van der Waals surface area contributed by atoms with Crippen molar-refractivity contribution < 1.29 is 14.3 Å². The molecule has 11 heteroatoms. The van der Waals surface area contributed by atoms with Crippen LogP contribution < -0.4 is 20.1 Å². The summed E-state index contributed by atoms with van der Waals surface area (Å²) < 4.78 is 11.0. The smallest absolute Gasteiger partial charge is 0.155 e. The van der Waals surface area contributed by atoms with Gasteiger partial charge in [-0.3, -0.25) is 9.69 Å². The number of allylic oxidation sites excluding steroid dienone is 1. The number of pyridine rings is 2. The number of nitrogens with one attached hydrogen (secondary N) is 2. The third-order valence-corrected chi connectivity index (χ3v) is 8.95. The normalized spacial score (nSPS) is 18.7. The molecule has 2 N–H and O–H groups in total.